The largest absolute Gasteiger partial charge is 0.261 e. The van der Waals surface area contributed by atoms with E-state index < -0.39 is 20.9 Å². The minimum absolute atomic E-state index is 0.324. The lowest BCUT2D eigenvalue weighted by atomic mass is 10.1. The van der Waals surface area contributed by atoms with Crippen LogP contribution >= 0.6 is 0 Å². The summed E-state index contributed by atoms with van der Waals surface area (Å²) in [6.07, 6.45) is 7.69. The Kier molecular flexibility index (Phi) is 6.94. The van der Waals surface area contributed by atoms with Gasteiger partial charge in [-0.3, -0.25) is 0 Å². The molecule has 0 aliphatic rings. The van der Waals surface area contributed by atoms with Crippen LogP contribution in [0.5, 0.6) is 0 Å². The molecule has 1 aromatic rings. The fourth-order valence-corrected chi connectivity index (χ4v) is 2.82. The Bertz CT molecular complexity index is 477. The molecule has 6 heteroatoms. The standard InChI is InChI=1S/C13H21FN2O2S/c1-2-3-4-5-6-7-11-16-19(17,18)13-12(14)9-8-10-15-13/h8-10,16H,2-7,11H2,1H3. The summed E-state index contributed by atoms with van der Waals surface area (Å²) in [6.45, 7) is 2.47. The highest BCUT2D eigenvalue weighted by Crippen LogP contribution is 2.10. The molecule has 0 aliphatic heterocycles. The fourth-order valence-electron chi connectivity index (χ4n) is 1.75. The molecule has 4 nitrogen and oxygen atoms in total. The van der Waals surface area contributed by atoms with E-state index in [2.05, 4.69) is 16.6 Å². The second-order valence-corrected chi connectivity index (χ2v) is 6.14. The summed E-state index contributed by atoms with van der Waals surface area (Å²) >= 11 is 0. The van der Waals surface area contributed by atoms with Crippen molar-refractivity contribution >= 4 is 10.0 Å². The van der Waals surface area contributed by atoms with Crippen molar-refractivity contribution in [1.82, 2.24) is 9.71 Å². The lowest BCUT2D eigenvalue weighted by Crippen LogP contribution is -2.26. The summed E-state index contributed by atoms with van der Waals surface area (Å²) in [4.78, 5) is 3.56. The van der Waals surface area contributed by atoms with Crippen LogP contribution in [0.1, 0.15) is 45.4 Å². The predicted octanol–water partition coefficient (Wildman–Crippen LogP) is 2.86. The molecule has 0 radical (unpaired) electrons. The number of unbranched alkanes of at least 4 members (excludes halogenated alkanes) is 5. The summed E-state index contributed by atoms with van der Waals surface area (Å²) in [7, 11) is -3.82. The van der Waals surface area contributed by atoms with E-state index >= 15 is 0 Å². The first kappa shape index (κ1) is 16.0. The molecule has 0 aliphatic carbocycles. The third-order valence-electron chi connectivity index (χ3n) is 2.80. The lowest BCUT2D eigenvalue weighted by Gasteiger charge is -2.06. The Morgan fingerprint density at radius 2 is 1.89 bits per heavy atom. The van der Waals surface area contributed by atoms with Crippen molar-refractivity contribution in [3.63, 3.8) is 0 Å². The van der Waals surface area contributed by atoms with E-state index in [1.807, 2.05) is 0 Å². The molecule has 0 saturated carbocycles. The van der Waals surface area contributed by atoms with Crippen LogP contribution in [0.25, 0.3) is 0 Å². The Hall–Kier alpha value is -1.01. The number of halogens is 1. The minimum Gasteiger partial charge on any atom is -0.241 e. The maximum atomic E-state index is 13.3. The molecule has 0 saturated heterocycles. The molecule has 0 atom stereocenters. The number of pyridine rings is 1. The van der Waals surface area contributed by atoms with Crippen LogP contribution in [0.2, 0.25) is 0 Å². The molecule has 108 valence electrons. The molecule has 0 amide bonds. The van der Waals surface area contributed by atoms with Gasteiger partial charge in [0.05, 0.1) is 0 Å². The third-order valence-corrected chi connectivity index (χ3v) is 4.20. The first-order valence-electron chi connectivity index (χ1n) is 6.68. The Balaban J connectivity index is 2.34. The molecule has 1 aromatic heterocycles. The average Bonchev–Trinajstić information content (AvgIpc) is 2.38. The third kappa shape index (κ3) is 5.65. The van der Waals surface area contributed by atoms with Gasteiger partial charge in [0.2, 0.25) is 5.03 Å². The van der Waals surface area contributed by atoms with Crippen molar-refractivity contribution in [1.29, 1.82) is 0 Å². The summed E-state index contributed by atoms with van der Waals surface area (Å²) in [5.41, 5.74) is 0. The molecule has 19 heavy (non-hydrogen) atoms. The molecular formula is C13H21FN2O2S. The molecule has 0 bridgehead atoms. The number of nitrogens with zero attached hydrogens (tertiary/aromatic N) is 1. The van der Waals surface area contributed by atoms with E-state index in [0.717, 1.165) is 25.3 Å². The summed E-state index contributed by atoms with van der Waals surface area (Å²) in [5, 5.41) is -0.527. The maximum absolute atomic E-state index is 13.3. The van der Waals surface area contributed by atoms with Crippen LogP contribution < -0.4 is 4.72 Å². The molecule has 1 heterocycles. The molecule has 0 aromatic carbocycles. The molecule has 1 rings (SSSR count). The van der Waals surface area contributed by atoms with Gasteiger partial charge in [0.1, 0.15) is 0 Å². The summed E-state index contributed by atoms with van der Waals surface area (Å²) < 4.78 is 39.2. The van der Waals surface area contributed by atoms with E-state index in [9.17, 15) is 12.8 Å². The monoisotopic (exact) mass is 288 g/mol. The van der Waals surface area contributed by atoms with Crippen molar-refractivity contribution in [2.24, 2.45) is 0 Å². The van der Waals surface area contributed by atoms with Gasteiger partial charge < -0.3 is 0 Å². The zero-order valence-corrected chi connectivity index (χ0v) is 12.0. The topological polar surface area (TPSA) is 59.1 Å². The lowest BCUT2D eigenvalue weighted by molar-refractivity contribution is 0.539. The number of rotatable bonds is 9. The maximum Gasteiger partial charge on any atom is 0.261 e. The van der Waals surface area contributed by atoms with Gasteiger partial charge in [-0.05, 0) is 18.6 Å². The van der Waals surface area contributed by atoms with Crippen LogP contribution in [0.3, 0.4) is 0 Å². The van der Waals surface area contributed by atoms with Crippen LogP contribution in [0, 0.1) is 5.82 Å². The summed E-state index contributed by atoms with van der Waals surface area (Å²) in [5.74, 6) is -0.821. The molecular weight excluding hydrogens is 267 g/mol. The van der Waals surface area contributed by atoms with Crippen LogP contribution in [0.4, 0.5) is 4.39 Å². The molecule has 0 fully saturated rings. The molecule has 1 N–H and O–H groups in total. The first-order chi connectivity index (χ1) is 9.08. The van der Waals surface area contributed by atoms with Crippen LogP contribution in [-0.4, -0.2) is 19.9 Å². The zero-order valence-electron chi connectivity index (χ0n) is 11.2. The highest BCUT2D eigenvalue weighted by molar-refractivity contribution is 7.89. The number of nitrogens with one attached hydrogen (secondary N) is 1. The Morgan fingerprint density at radius 3 is 2.58 bits per heavy atom. The van der Waals surface area contributed by atoms with E-state index in [4.69, 9.17) is 0 Å². The van der Waals surface area contributed by atoms with Crippen molar-refractivity contribution in [3.8, 4) is 0 Å². The number of hydrogen-bond acceptors (Lipinski definition) is 3. The SMILES string of the molecule is CCCCCCCCNS(=O)(=O)c1ncccc1F. The van der Waals surface area contributed by atoms with Gasteiger partial charge in [-0.1, -0.05) is 39.0 Å². The van der Waals surface area contributed by atoms with E-state index in [1.165, 1.54) is 31.5 Å². The van der Waals surface area contributed by atoms with E-state index in [0.29, 0.717) is 6.54 Å². The normalized spacial score (nSPS) is 11.7. The first-order valence-corrected chi connectivity index (χ1v) is 8.16. The van der Waals surface area contributed by atoms with Gasteiger partial charge in [0.15, 0.2) is 5.82 Å². The van der Waals surface area contributed by atoms with Gasteiger partial charge >= 0.3 is 0 Å². The van der Waals surface area contributed by atoms with Crippen molar-refractivity contribution < 1.29 is 12.8 Å². The minimum atomic E-state index is -3.82. The average molecular weight is 288 g/mol. The highest BCUT2D eigenvalue weighted by Gasteiger charge is 2.19. The van der Waals surface area contributed by atoms with Crippen LogP contribution in [-0.2, 0) is 10.0 Å². The second kappa shape index (κ2) is 8.22. The van der Waals surface area contributed by atoms with Crippen molar-refractivity contribution in [2.75, 3.05) is 6.54 Å². The number of sulfonamides is 1. The van der Waals surface area contributed by atoms with Crippen LogP contribution in [0.15, 0.2) is 23.4 Å². The summed E-state index contributed by atoms with van der Waals surface area (Å²) in [6, 6.07) is 2.45. The highest BCUT2D eigenvalue weighted by atomic mass is 32.2. The predicted molar refractivity (Wildman–Crippen MR) is 72.8 cm³/mol. The van der Waals surface area contributed by atoms with Gasteiger partial charge in [-0.15, -0.1) is 0 Å². The van der Waals surface area contributed by atoms with Gasteiger partial charge in [0, 0.05) is 12.7 Å². The van der Waals surface area contributed by atoms with Gasteiger partial charge in [-0.2, -0.15) is 0 Å². The molecule has 0 unspecified atom stereocenters. The van der Waals surface area contributed by atoms with E-state index in [1.54, 1.807) is 0 Å². The number of aromatic nitrogens is 1. The molecule has 0 spiro atoms. The quantitative estimate of drug-likeness (QED) is 0.711. The zero-order chi connectivity index (χ0) is 14.1. The Labute approximate surface area is 114 Å². The second-order valence-electron chi connectivity index (χ2n) is 4.46. The van der Waals surface area contributed by atoms with Gasteiger partial charge in [-0.25, -0.2) is 22.5 Å². The van der Waals surface area contributed by atoms with E-state index in [-0.39, 0.29) is 0 Å². The smallest absolute Gasteiger partial charge is 0.241 e. The Morgan fingerprint density at radius 1 is 1.21 bits per heavy atom. The van der Waals surface area contributed by atoms with Crippen molar-refractivity contribution in [2.45, 2.75) is 50.5 Å². The number of hydrogen-bond donors (Lipinski definition) is 1. The fraction of sp³-hybridized carbons (Fsp3) is 0.615. The van der Waals surface area contributed by atoms with Gasteiger partial charge in [0.25, 0.3) is 10.0 Å². The van der Waals surface area contributed by atoms with Crippen molar-refractivity contribution in [3.05, 3.63) is 24.1 Å².